The van der Waals surface area contributed by atoms with Crippen LogP contribution in [0, 0.1) is 5.92 Å². The van der Waals surface area contributed by atoms with E-state index >= 15 is 0 Å². The second-order valence-corrected chi connectivity index (χ2v) is 3.15. The van der Waals surface area contributed by atoms with E-state index < -0.39 is 17.9 Å². The highest BCUT2D eigenvalue weighted by molar-refractivity contribution is 5.77. The molecule has 0 aliphatic heterocycles. The van der Waals surface area contributed by atoms with Gasteiger partial charge in [-0.05, 0) is 0 Å². The molecular formula is C10H18O6. The standard InChI is InChI=1S/C6H10O4.C4H8O2/c1-9-5(7)3-4-6(8)10-2;1-3(2)4(5)6/h3-4H2,1-2H3;3H,1-2H3,(H,5,6). The van der Waals surface area contributed by atoms with Crippen molar-refractivity contribution in [2.24, 2.45) is 5.92 Å². The molecule has 0 saturated carbocycles. The van der Waals surface area contributed by atoms with Crippen LogP contribution in [0.25, 0.3) is 0 Å². The van der Waals surface area contributed by atoms with Crippen LogP contribution in [0.15, 0.2) is 0 Å². The number of rotatable bonds is 4. The maximum absolute atomic E-state index is 10.4. The summed E-state index contributed by atoms with van der Waals surface area (Å²) < 4.78 is 8.60. The van der Waals surface area contributed by atoms with Crippen molar-refractivity contribution in [1.82, 2.24) is 0 Å². The number of aliphatic carboxylic acids is 1. The molecule has 6 nitrogen and oxygen atoms in total. The summed E-state index contributed by atoms with van der Waals surface area (Å²) in [7, 11) is 2.55. The van der Waals surface area contributed by atoms with Crippen molar-refractivity contribution in [2.75, 3.05) is 14.2 Å². The van der Waals surface area contributed by atoms with Crippen LogP contribution >= 0.6 is 0 Å². The summed E-state index contributed by atoms with van der Waals surface area (Å²) in [6.45, 7) is 3.28. The predicted molar refractivity (Wildman–Crippen MR) is 55.7 cm³/mol. The molecule has 0 aromatic heterocycles. The van der Waals surface area contributed by atoms with Gasteiger partial charge < -0.3 is 14.6 Å². The van der Waals surface area contributed by atoms with Gasteiger partial charge in [-0.1, -0.05) is 13.8 Å². The van der Waals surface area contributed by atoms with E-state index in [2.05, 4.69) is 9.47 Å². The van der Waals surface area contributed by atoms with Crippen molar-refractivity contribution in [1.29, 1.82) is 0 Å². The number of hydrogen-bond donors (Lipinski definition) is 1. The molecule has 6 heteroatoms. The zero-order valence-corrected chi connectivity index (χ0v) is 9.98. The third kappa shape index (κ3) is 12.4. The molecule has 0 saturated heterocycles. The molecule has 0 heterocycles. The summed E-state index contributed by atoms with van der Waals surface area (Å²) in [5.74, 6) is -1.77. The fourth-order valence-corrected chi connectivity index (χ4v) is 0.408. The minimum Gasteiger partial charge on any atom is -0.481 e. The van der Waals surface area contributed by atoms with E-state index in [-0.39, 0.29) is 18.8 Å². The third-order valence-corrected chi connectivity index (χ3v) is 1.48. The number of carboxylic acid groups (broad SMARTS) is 1. The molecule has 0 amide bonds. The van der Waals surface area contributed by atoms with Crippen molar-refractivity contribution < 1.29 is 29.0 Å². The van der Waals surface area contributed by atoms with Crippen LogP contribution in [-0.4, -0.2) is 37.2 Å². The van der Waals surface area contributed by atoms with Crippen LogP contribution in [0.1, 0.15) is 26.7 Å². The molecule has 0 rings (SSSR count). The second kappa shape index (κ2) is 9.95. The quantitative estimate of drug-likeness (QED) is 0.725. The van der Waals surface area contributed by atoms with Crippen LogP contribution in [0.3, 0.4) is 0 Å². The summed E-state index contributed by atoms with van der Waals surface area (Å²) in [6.07, 6.45) is 0.173. The molecule has 0 unspecified atom stereocenters. The van der Waals surface area contributed by atoms with Crippen LogP contribution in [0.4, 0.5) is 0 Å². The van der Waals surface area contributed by atoms with Crippen LogP contribution in [0.2, 0.25) is 0 Å². The minimum absolute atomic E-state index is 0.0865. The molecule has 0 atom stereocenters. The number of esters is 2. The molecule has 0 aromatic carbocycles. The number of carbonyl (C=O) groups is 3. The lowest BCUT2D eigenvalue weighted by atomic mass is 10.2. The van der Waals surface area contributed by atoms with E-state index in [9.17, 15) is 14.4 Å². The molecule has 94 valence electrons. The first-order valence-corrected chi connectivity index (χ1v) is 4.71. The third-order valence-electron chi connectivity index (χ3n) is 1.48. The Morgan fingerprint density at radius 1 is 1.00 bits per heavy atom. The lowest BCUT2D eigenvalue weighted by Crippen LogP contribution is -2.06. The van der Waals surface area contributed by atoms with Crippen LogP contribution in [-0.2, 0) is 23.9 Å². The highest BCUT2D eigenvalue weighted by atomic mass is 16.5. The Hall–Kier alpha value is -1.59. The average molecular weight is 234 g/mol. The number of carboxylic acids is 1. The summed E-state index contributed by atoms with van der Waals surface area (Å²) in [6, 6.07) is 0. The number of hydrogen-bond acceptors (Lipinski definition) is 5. The van der Waals surface area contributed by atoms with Gasteiger partial charge in [0.25, 0.3) is 0 Å². The zero-order valence-electron chi connectivity index (χ0n) is 9.98. The van der Waals surface area contributed by atoms with Crippen molar-refractivity contribution in [2.45, 2.75) is 26.7 Å². The first-order valence-electron chi connectivity index (χ1n) is 4.71. The predicted octanol–water partition coefficient (Wildman–Crippen LogP) is 0.840. The molecule has 0 spiro atoms. The number of carbonyl (C=O) groups excluding carboxylic acids is 2. The Morgan fingerprint density at radius 3 is 1.38 bits per heavy atom. The molecule has 16 heavy (non-hydrogen) atoms. The van der Waals surface area contributed by atoms with Gasteiger partial charge in [0.2, 0.25) is 0 Å². The Morgan fingerprint density at radius 2 is 1.25 bits per heavy atom. The first-order chi connectivity index (χ1) is 7.34. The smallest absolute Gasteiger partial charge is 0.306 e. The van der Waals surface area contributed by atoms with E-state index in [4.69, 9.17) is 5.11 Å². The van der Waals surface area contributed by atoms with Crippen molar-refractivity contribution in [3.05, 3.63) is 0 Å². The highest BCUT2D eigenvalue weighted by Gasteiger charge is 2.05. The van der Waals surface area contributed by atoms with Gasteiger partial charge in [-0.3, -0.25) is 14.4 Å². The van der Waals surface area contributed by atoms with E-state index in [1.807, 2.05) is 0 Å². The molecular weight excluding hydrogens is 216 g/mol. The van der Waals surface area contributed by atoms with Gasteiger partial charge in [-0.15, -0.1) is 0 Å². The van der Waals surface area contributed by atoms with Gasteiger partial charge in [0.1, 0.15) is 0 Å². The molecule has 0 fully saturated rings. The fraction of sp³-hybridized carbons (Fsp3) is 0.700. The van der Waals surface area contributed by atoms with Gasteiger partial charge in [-0.25, -0.2) is 0 Å². The molecule has 1 N–H and O–H groups in total. The maximum atomic E-state index is 10.4. The lowest BCUT2D eigenvalue weighted by Gasteiger charge is -1.96. The molecule has 0 radical (unpaired) electrons. The van der Waals surface area contributed by atoms with Gasteiger partial charge >= 0.3 is 17.9 Å². The van der Waals surface area contributed by atoms with Crippen molar-refractivity contribution in [3.8, 4) is 0 Å². The minimum atomic E-state index is -0.741. The zero-order chi connectivity index (χ0) is 13.1. The van der Waals surface area contributed by atoms with Gasteiger partial charge in [0, 0.05) is 0 Å². The molecule has 0 aliphatic rings. The van der Waals surface area contributed by atoms with E-state index in [0.29, 0.717) is 0 Å². The Balaban J connectivity index is 0. The van der Waals surface area contributed by atoms with Crippen LogP contribution in [0.5, 0.6) is 0 Å². The van der Waals surface area contributed by atoms with Gasteiger partial charge in [0.15, 0.2) is 0 Å². The number of ether oxygens (including phenoxy) is 2. The summed E-state index contributed by atoms with van der Waals surface area (Å²) >= 11 is 0. The fourth-order valence-electron chi connectivity index (χ4n) is 0.408. The normalized spacial score (nSPS) is 8.81. The Labute approximate surface area is 94.5 Å². The SMILES string of the molecule is CC(C)C(=O)O.COC(=O)CCC(=O)OC. The van der Waals surface area contributed by atoms with E-state index in [1.165, 1.54) is 14.2 Å². The first kappa shape index (κ1) is 16.8. The van der Waals surface area contributed by atoms with Gasteiger partial charge in [0.05, 0.1) is 33.0 Å². The Bertz CT molecular complexity index is 217. The summed E-state index contributed by atoms with van der Waals surface area (Å²) in [4.78, 5) is 30.5. The second-order valence-electron chi connectivity index (χ2n) is 3.15. The lowest BCUT2D eigenvalue weighted by molar-refractivity contribution is -0.147. The summed E-state index contributed by atoms with van der Waals surface area (Å²) in [5, 5.41) is 7.99. The average Bonchev–Trinajstić information content (AvgIpc) is 2.25. The summed E-state index contributed by atoms with van der Waals surface area (Å²) in [5.41, 5.74) is 0. The van der Waals surface area contributed by atoms with E-state index in [0.717, 1.165) is 0 Å². The molecule has 0 bridgehead atoms. The highest BCUT2D eigenvalue weighted by Crippen LogP contribution is 1.92. The molecule has 0 aliphatic carbocycles. The monoisotopic (exact) mass is 234 g/mol. The Kier molecular flexibility index (Phi) is 10.5. The van der Waals surface area contributed by atoms with Crippen molar-refractivity contribution in [3.63, 3.8) is 0 Å². The van der Waals surface area contributed by atoms with E-state index in [1.54, 1.807) is 13.8 Å². The number of methoxy groups -OCH3 is 2. The van der Waals surface area contributed by atoms with Crippen LogP contribution < -0.4 is 0 Å². The van der Waals surface area contributed by atoms with Gasteiger partial charge in [-0.2, -0.15) is 0 Å². The topological polar surface area (TPSA) is 89.9 Å². The van der Waals surface area contributed by atoms with Crippen molar-refractivity contribution >= 4 is 17.9 Å². The maximum Gasteiger partial charge on any atom is 0.306 e. The molecule has 0 aromatic rings. The largest absolute Gasteiger partial charge is 0.481 e.